The fourth-order valence-electron chi connectivity index (χ4n) is 13.5. The number of H-pyrrole nitrogens is 2. The van der Waals surface area contributed by atoms with Crippen molar-refractivity contribution < 1.29 is 4.57 Å². The molecular weight excluding hydrogens is 1110 g/mol. The Balaban J connectivity index is 1.29. The molecule has 0 saturated carbocycles. The van der Waals surface area contributed by atoms with Crippen molar-refractivity contribution in [3.05, 3.63) is 248 Å². The molecule has 3 aromatic heterocycles. The Bertz CT molecular complexity index is 4710. The molecule has 454 valence electrons. The molecule has 9 aromatic rings. The molecule has 8 bridgehead atoms. The molecule has 13 rings (SSSR count). The van der Waals surface area contributed by atoms with Gasteiger partial charge in [-0.3, -0.25) is 0 Å². The summed E-state index contributed by atoms with van der Waals surface area (Å²) in [5, 5.41) is 2.44. The first-order valence-electron chi connectivity index (χ1n) is 32.2. The van der Waals surface area contributed by atoms with Crippen LogP contribution in [0.1, 0.15) is 197 Å². The Kier molecular flexibility index (Phi) is 14.2. The largest absolute Gasteiger partial charge is 0.354 e. The second-order valence-corrected chi connectivity index (χ2v) is 34.3. The standard InChI is InChI=1S/C84H87N4OP/c1-79(2,3)55-40-52(41-56(46-55)80(4,5)6)70-63-34-35-64(85-63)71(53-42-57(81(7,8)9)47-58(43-53)82(10,11)12)66-38-39-68(87-66)74-75-73(77(50-28-22-19-23-29-50)90(89,61-32-26-21-27-33-61)78(75)51-30-24-20-25-31-51)62-49-69(88-76(62)74)72(67-37-36-65(70)86-67)54-44-59(83(13,14)15)48-60(45-54)84(16,17)18/h19-49,86-87H,1-18H3. The molecular formula is C84H87N4OP. The van der Waals surface area contributed by atoms with Crippen molar-refractivity contribution in [3.8, 4) is 33.4 Å². The third-order valence-corrected chi connectivity index (χ3v) is 22.1. The Morgan fingerprint density at radius 3 is 0.978 bits per heavy atom. The van der Waals surface area contributed by atoms with Gasteiger partial charge in [0.2, 0.25) is 0 Å². The van der Waals surface area contributed by atoms with Crippen LogP contribution < -0.4 is 5.30 Å². The number of nitrogens with zero attached hydrogens (tertiary/aromatic N) is 2. The van der Waals surface area contributed by atoms with E-state index in [9.17, 15) is 0 Å². The Hall–Kier alpha value is -8.37. The zero-order valence-electron chi connectivity index (χ0n) is 56.1. The minimum atomic E-state index is -3.69. The molecule has 6 heteroatoms. The summed E-state index contributed by atoms with van der Waals surface area (Å²) in [6, 6.07) is 61.8. The highest BCUT2D eigenvalue weighted by Gasteiger charge is 2.51. The van der Waals surface area contributed by atoms with E-state index in [1.807, 2.05) is 24.3 Å². The predicted molar refractivity (Wildman–Crippen MR) is 387 cm³/mol. The van der Waals surface area contributed by atoms with E-state index in [1.165, 1.54) is 33.4 Å². The third kappa shape index (κ3) is 10.5. The number of aromatic amines is 2. The van der Waals surface area contributed by atoms with Gasteiger partial charge in [0.05, 0.1) is 22.8 Å². The van der Waals surface area contributed by atoms with Crippen molar-refractivity contribution in [1.29, 1.82) is 0 Å². The molecule has 5 nitrogen and oxygen atoms in total. The molecule has 90 heavy (non-hydrogen) atoms. The van der Waals surface area contributed by atoms with Gasteiger partial charge in [0.25, 0.3) is 0 Å². The van der Waals surface area contributed by atoms with Crippen LogP contribution in [0.3, 0.4) is 0 Å². The molecule has 0 fully saturated rings. The number of aromatic nitrogens is 4. The first kappa shape index (κ1) is 60.5. The van der Waals surface area contributed by atoms with Crippen LogP contribution in [-0.4, -0.2) is 19.9 Å². The van der Waals surface area contributed by atoms with Crippen LogP contribution in [0.2, 0.25) is 0 Å². The van der Waals surface area contributed by atoms with E-state index in [0.717, 1.165) is 128 Å². The monoisotopic (exact) mass is 1200 g/mol. The van der Waals surface area contributed by atoms with E-state index in [-0.39, 0.29) is 32.5 Å². The number of nitrogens with one attached hydrogen (secondary N) is 2. The van der Waals surface area contributed by atoms with E-state index in [0.29, 0.717) is 0 Å². The SMILES string of the molecule is CC(C)(C)c1cc(-c2c3nc(c(-c4cc(C(C)(C)C)cc(C(C)(C)C)c4)c4ccc([nH]4)c(-c4cc(C(C)(C)C)cc(C(C)(C)C)c4)c4nc5c(c6ccc2[nH]6)C2=C(c6ccccc6)P(=O)(c6ccccc6)C(c6ccccc6)=C2C5=C4)C=C3)cc(C(C)(C)C)c1. The number of fused-ring (bicyclic) bond motifs is 11. The summed E-state index contributed by atoms with van der Waals surface area (Å²) in [4.78, 5) is 20.3. The maximum atomic E-state index is 17.7. The minimum Gasteiger partial charge on any atom is -0.354 e. The zero-order chi connectivity index (χ0) is 64.0. The summed E-state index contributed by atoms with van der Waals surface area (Å²) in [5.74, 6) is 0. The van der Waals surface area contributed by atoms with E-state index in [1.54, 1.807) is 0 Å². The van der Waals surface area contributed by atoms with Crippen LogP contribution in [0.25, 0.3) is 95.5 Å². The maximum Gasteiger partial charge on any atom is 0.173 e. The average Bonchev–Trinajstić information content (AvgIpc) is 1.51. The van der Waals surface area contributed by atoms with Crippen LogP contribution in [0.5, 0.6) is 0 Å². The Morgan fingerprint density at radius 1 is 0.322 bits per heavy atom. The fourth-order valence-corrected chi connectivity index (χ4v) is 16.9. The number of benzene rings is 6. The molecule has 1 aliphatic carbocycles. The number of allylic oxidation sites excluding steroid dienone is 3. The molecule has 1 unspecified atom stereocenters. The molecule has 4 aliphatic rings. The smallest absolute Gasteiger partial charge is 0.173 e. The van der Waals surface area contributed by atoms with E-state index in [4.69, 9.17) is 9.97 Å². The van der Waals surface area contributed by atoms with Crippen LogP contribution in [0.4, 0.5) is 0 Å². The van der Waals surface area contributed by atoms with Gasteiger partial charge in [-0.15, -0.1) is 0 Å². The van der Waals surface area contributed by atoms with Crippen LogP contribution >= 0.6 is 7.14 Å². The number of hydrogen-bond acceptors (Lipinski definition) is 3. The predicted octanol–water partition coefficient (Wildman–Crippen LogP) is 22.8. The highest BCUT2D eigenvalue weighted by Crippen LogP contribution is 2.78. The van der Waals surface area contributed by atoms with Gasteiger partial charge in [-0.1, -0.05) is 270 Å². The molecule has 3 aliphatic heterocycles. The Morgan fingerprint density at radius 2 is 0.633 bits per heavy atom. The van der Waals surface area contributed by atoms with Crippen molar-refractivity contribution in [1.82, 2.24) is 19.9 Å². The van der Waals surface area contributed by atoms with E-state index < -0.39 is 7.14 Å². The van der Waals surface area contributed by atoms with Crippen molar-refractivity contribution in [2.45, 2.75) is 157 Å². The highest BCUT2D eigenvalue weighted by molar-refractivity contribution is 7.90. The lowest BCUT2D eigenvalue weighted by molar-refractivity contribution is 0.568. The topological polar surface area (TPSA) is 74.4 Å². The van der Waals surface area contributed by atoms with Crippen molar-refractivity contribution in [2.75, 3.05) is 0 Å². The van der Waals surface area contributed by atoms with Gasteiger partial charge in [0, 0.05) is 77.0 Å². The minimum absolute atomic E-state index is 0.139. The van der Waals surface area contributed by atoms with Crippen molar-refractivity contribution in [3.63, 3.8) is 0 Å². The lowest BCUT2D eigenvalue weighted by atomic mass is 9.78. The molecule has 2 N–H and O–H groups in total. The summed E-state index contributed by atoms with van der Waals surface area (Å²) in [6.07, 6.45) is 6.79. The van der Waals surface area contributed by atoms with Gasteiger partial charge in [-0.05, 0) is 136 Å². The average molecular weight is 1200 g/mol. The quantitative estimate of drug-likeness (QED) is 0.163. The van der Waals surface area contributed by atoms with Gasteiger partial charge in [-0.25, -0.2) is 9.97 Å². The van der Waals surface area contributed by atoms with Crippen LogP contribution in [-0.2, 0) is 37.1 Å². The van der Waals surface area contributed by atoms with E-state index >= 15 is 4.57 Å². The summed E-state index contributed by atoms with van der Waals surface area (Å²) in [7, 11) is -3.69. The zero-order valence-corrected chi connectivity index (χ0v) is 57.0. The fraction of sp³-hybridized carbons (Fsp3) is 0.286. The van der Waals surface area contributed by atoms with Crippen LogP contribution in [0, 0.1) is 0 Å². The van der Waals surface area contributed by atoms with Crippen LogP contribution in [0.15, 0.2) is 175 Å². The Labute approximate surface area is 534 Å². The van der Waals surface area contributed by atoms with Gasteiger partial charge < -0.3 is 14.5 Å². The summed E-state index contributed by atoms with van der Waals surface area (Å²) >= 11 is 0. The second kappa shape index (κ2) is 21.1. The number of hydrogen-bond donors (Lipinski definition) is 2. The van der Waals surface area contributed by atoms with Gasteiger partial charge in [-0.2, -0.15) is 0 Å². The lowest BCUT2D eigenvalue weighted by Crippen LogP contribution is -2.16. The highest BCUT2D eigenvalue weighted by atomic mass is 31.2. The molecule has 6 aromatic carbocycles. The lowest BCUT2D eigenvalue weighted by Gasteiger charge is -2.26. The normalized spacial score (nSPS) is 16.1. The van der Waals surface area contributed by atoms with Gasteiger partial charge >= 0.3 is 0 Å². The maximum absolute atomic E-state index is 17.7. The second-order valence-electron chi connectivity index (χ2n) is 31.7. The van der Waals surface area contributed by atoms with Gasteiger partial charge in [0.15, 0.2) is 7.14 Å². The van der Waals surface area contributed by atoms with Gasteiger partial charge in [0.1, 0.15) is 0 Å². The molecule has 6 heterocycles. The summed E-state index contributed by atoms with van der Waals surface area (Å²) < 4.78 is 17.7. The first-order chi connectivity index (χ1) is 42.3. The first-order valence-corrected chi connectivity index (χ1v) is 33.9. The molecule has 0 radical (unpaired) electrons. The third-order valence-electron chi connectivity index (χ3n) is 18.8. The van der Waals surface area contributed by atoms with E-state index in [2.05, 4.69) is 298 Å². The molecule has 0 saturated heterocycles. The van der Waals surface area contributed by atoms with Crippen molar-refractivity contribution in [2.24, 2.45) is 0 Å². The molecule has 1 atom stereocenters. The number of rotatable bonds is 6. The molecule has 0 spiro atoms. The molecule has 0 amide bonds. The summed E-state index contributed by atoms with van der Waals surface area (Å²) in [5.41, 5.74) is 25.7. The van der Waals surface area contributed by atoms with Crippen molar-refractivity contribution >= 4 is 74.5 Å². The summed E-state index contributed by atoms with van der Waals surface area (Å²) in [6.45, 7) is 41.6.